The highest BCUT2D eigenvalue weighted by Gasteiger charge is 2.21. The first kappa shape index (κ1) is 13.3. The Bertz CT molecular complexity index is 581. The topological polar surface area (TPSA) is 30.0 Å². The summed E-state index contributed by atoms with van der Waals surface area (Å²) in [6, 6.07) is 0. The Hall–Kier alpha value is -1.18. The quantitative estimate of drug-likeness (QED) is 0.580. The average Bonchev–Trinajstić information content (AvgIpc) is 2.84. The van der Waals surface area contributed by atoms with Crippen molar-refractivity contribution in [2.75, 3.05) is 0 Å². The van der Waals surface area contributed by atoms with E-state index in [1.165, 1.54) is 0 Å². The van der Waals surface area contributed by atoms with Gasteiger partial charge in [0.25, 0.3) is 0 Å². The zero-order valence-electron chi connectivity index (χ0n) is 11.3. The molecular formula is C14H17NOSSi. The van der Waals surface area contributed by atoms with Crippen molar-refractivity contribution in [2.24, 2.45) is 0 Å². The van der Waals surface area contributed by atoms with Gasteiger partial charge in [0, 0.05) is 11.8 Å². The molecule has 0 atom stereocenters. The van der Waals surface area contributed by atoms with E-state index in [4.69, 9.17) is 0 Å². The monoisotopic (exact) mass is 275 g/mol. The third-order valence-electron chi connectivity index (χ3n) is 2.83. The molecule has 1 aromatic rings. The van der Waals surface area contributed by atoms with Gasteiger partial charge in [-0.3, -0.25) is 4.79 Å². The molecule has 1 aliphatic rings. The summed E-state index contributed by atoms with van der Waals surface area (Å²) in [4.78, 5) is 16.1. The molecule has 0 bridgehead atoms. The number of rotatable bonds is 1. The molecule has 0 amide bonds. The maximum Gasteiger partial charge on any atom is 0.166 e. The minimum absolute atomic E-state index is 0.257. The fourth-order valence-corrected chi connectivity index (χ4v) is 3.08. The number of ketones is 1. The zero-order chi connectivity index (χ0) is 13.3. The highest BCUT2D eigenvalue weighted by atomic mass is 32.1. The second-order valence-corrected chi connectivity index (χ2v) is 11.2. The summed E-state index contributed by atoms with van der Waals surface area (Å²) in [6.45, 7) is 8.56. The predicted molar refractivity (Wildman–Crippen MR) is 79.2 cm³/mol. The Morgan fingerprint density at radius 3 is 2.61 bits per heavy atom. The molecule has 4 heteroatoms. The first-order valence-corrected chi connectivity index (χ1v) is 10.5. The Morgan fingerprint density at radius 1 is 1.33 bits per heavy atom. The lowest BCUT2D eigenvalue weighted by atomic mass is 10.1. The molecule has 0 spiro atoms. The van der Waals surface area contributed by atoms with Crippen LogP contribution in [-0.4, -0.2) is 18.8 Å². The van der Waals surface area contributed by atoms with E-state index in [1.807, 2.05) is 12.3 Å². The summed E-state index contributed by atoms with van der Waals surface area (Å²) in [5.41, 5.74) is 6.25. The smallest absolute Gasteiger partial charge is 0.166 e. The highest BCUT2D eigenvalue weighted by Crippen LogP contribution is 2.31. The summed E-state index contributed by atoms with van der Waals surface area (Å²) in [5, 5.41) is 2.89. The molecule has 94 valence electrons. The van der Waals surface area contributed by atoms with Crippen LogP contribution >= 0.6 is 11.3 Å². The van der Waals surface area contributed by atoms with E-state index in [-0.39, 0.29) is 5.78 Å². The van der Waals surface area contributed by atoms with Crippen LogP contribution in [0.25, 0.3) is 5.57 Å². The lowest BCUT2D eigenvalue weighted by molar-refractivity contribution is -0.114. The molecule has 0 unspecified atom stereocenters. The molecule has 1 aliphatic carbocycles. The van der Waals surface area contributed by atoms with Gasteiger partial charge < -0.3 is 0 Å². The van der Waals surface area contributed by atoms with Gasteiger partial charge in [0.05, 0.1) is 5.69 Å². The molecule has 0 fully saturated rings. The third-order valence-corrected chi connectivity index (χ3v) is 4.46. The fourth-order valence-electron chi connectivity index (χ4n) is 1.81. The Labute approximate surface area is 113 Å². The number of hydrogen-bond donors (Lipinski definition) is 0. The average molecular weight is 275 g/mol. The van der Waals surface area contributed by atoms with Gasteiger partial charge in [0.2, 0.25) is 0 Å². The van der Waals surface area contributed by atoms with E-state index < -0.39 is 8.07 Å². The van der Waals surface area contributed by atoms with Crippen molar-refractivity contribution >= 4 is 30.8 Å². The van der Waals surface area contributed by atoms with Crippen molar-refractivity contribution in [1.29, 1.82) is 0 Å². The number of carbonyl (C=O) groups is 1. The van der Waals surface area contributed by atoms with Crippen molar-refractivity contribution < 1.29 is 4.79 Å². The molecule has 1 aromatic heterocycles. The molecule has 0 saturated heterocycles. The summed E-state index contributed by atoms with van der Waals surface area (Å²) in [5.74, 6) is 3.42. The van der Waals surface area contributed by atoms with E-state index in [9.17, 15) is 4.79 Å². The van der Waals surface area contributed by atoms with Gasteiger partial charge in [-0.1, -0.05) is 19.6 Å². The van der Waals surface area contributed by atoms with E-state index in [2.05, 4.69) is 36.1 Å². The number of carbonyl (C=O) groups excluding carboxylic acids is 1. The van der Waals surface area contributed by atoms with Gasteiger partial charge in [-0.25, -0.2) is 4.98 Å². The molecule has 2 rings (SSSR count). The fraction of sp³-hybridized carbons (Fsp3) is 0.429. The van der Waals surface area contributed by atoms with Crippen LogP contribution < -0.4 is 0 Å². The minimum Gasteiger partial charge on any atom is -0.295 e. The van der Waals surface area contributed by atoms with Crippen molar-refractivity contribution in [3.05, 3.63) is 21.7 Å². The van der Waals surface area contributed by atoms with E-state index in [0.717, 1.165) is 28.3 Å². The third kappa shape index (κ3) is 2.98. The zero-order valence-corrected chi connectivity index (χ0v) is 13.1. The number of thiazole rings is 1. The molecule has 0 radical (unpaired) electrons. The van der Waals surface area contributed by atoms with E-state index in [0.29, 0.717) is 6.42 Å². The minimum atomic E-state index is -1.35. The standard InChI is InChI=1S/C14H17NOSSi/c1-10-11(5-6-13(10)16)12-9-17-14(15-12)7-8-18(2,3)4/h9H,5-6H2,1-4H3. The maximum absolute atomic E-state index is 11.5. The van der Waals surface area contributed by atoms with Gasteiger partial charge in [-0.05, 0) is 30.4 Å². The number of hydrogen-bond acceptors (Lipinski definition) is 3. The van der Waals surface area contributed by atoms with Crippen LogP contribution in [0.5, 0.6) is 0 Å². The lowest BCUT2D eigenvalue weighted by Crippen LogP contribution is -2.16. The molecule has 0 saturated carbocycles. The maximum atomic E-state index is 11.5. The summed E-state index contributed by atoms with van der Waals surface area (Å²) in [6.07, 6.45) is 1.46. The van der Waals surface area contributed by atoms with Crippen LogP contribution in [0.4, 0.5) is 0 Å². The van der Waals surface area contributed by atoms with Crippen LogP contribution in [0.2, 0.25) is 19.6 Å². The van der Waals surface area contributed by atoms with Gasteiger partial charge >= 0.3 is 0 Å². The van der Waals surface area contributed by atoms with Gasteiger partial charge in [0.1, 0.15) is 8.07 Å². The molecule has 0 aromatic carbocycles. The van der Waals surface area contributed by atoms with Gasteiger partial charge in [0.15, 0.2) is 10.8 Å². The second kappa shape index (κ2) is 4.83. The van der Waals surface area contributed by atoms with Crippen LogP contribution in [0.1, 0.15) is 30.5 Å². The number of allylic oxidation sites excluding steroid dienone is 2. The van der Waals surface area contributed by atoms with Gasteiger partial charge in [-0.2, -0.15) is 0 Å². The second-order valence-electron chi connectivity index (χ2n) is 5.56. The molecule has 2 nitrogen and oxygen atoms in total. The molecule has 0 N–H and O–H groups in total. The van der Waals surface area contributed by atoms with Crippen LogP contribution in [0, 0.1) is 11.5 Å². The van der Waals surface area contributed by atoms with Crippen LogP contribution in [0.15, 0.2) is 11.0 Å². The van der Waals surface area contributed by atoms with Crippen LogP contribution in [-0.2, 0) is 4.79 Å². The van der Waals surface area contributed by atoms with Crippen molar-refractivity contribution in [1.82, 2.24) is 4.98 Å². The Kier molecular flexibility index (Phi) is 3.56. The largest absolute Gasteiger partial charge is 0.295 e. The molecular weight excluding hydrogens is 258 g/mol. The lowest BCUT2D eigenvalue weighted by Gasteiger charge is -2.02. The van der Waals surface area contributed by atoms with Crippen molar-refractivity contribution in [3.63, 3.8) is 0 Å². The first-order valence-electron chi connectivity index (χ1n) is 6.09. The number of aromatic nitrogens is 1. The Balaban J connectivity index is 2.26. The normalized spacial score (nSPS) is 15.9. The number of Topliss-reactive ketones (excluding diaryl/α,β-unsaturated/α-hetero) is 1. The summed E-state index contributed by atoms with van der Waals surface area (Å²) >= 11 is 1.57. The van der Waals surface area contributed by atoms with Gasteiger partial charge in [-0.15, -0.1) is 16.9 Å². The van der Waals surface area contributed by atoms with Crippen molar-refractivity contribution in [2.45, 2.75) is 39.4 Å². The first-order chi connectivity index (χ1) is 8.37. The molecule has 1 heterocycles. The molecule has 0 aliphatic heterocycles. The SMILES string of the molecule is CC1=C(c2csc(C#C[Si](C)(C)C)n2)CCC1=O. The van der Waals surface area contributed by atoms with Crippen molar-refractivity contribution in [3.8, 4) is 11.5 Å². The summed E-state index contributed by atoms with van der Waals surface area (Å²) < 4.78 is 0. The Morgan fingerprint density at radius 2 is 2.06 bits per heavy atom. The summed E-state index contributed by atoms with van der Waals surface area (Å²) in [7, 11) is -1.35. The molecule has 18 heavy (non-hydrogen) atoms. The number of nitrogens with zero attached hydrogens (tertiary/aromatic N) is 1. The van der Waals surface area contributed by atoms with Crippen LogP contribution in [0.3, 0.4) is 0 Å². The highest BCUT2D eigenvalue weighted by molar-refractivity contribution is 7.10. The van der Waals surface area contributed by atoms with E-state index >= 15 is 0 Å². The predicted octanol–water partition coefficient (Wildman–Crippen LogP) is 3.51. The van der Waals surface area contributed by atoms with E-state index in [1.54, 1.807) is 11.3 Å².